The lowest BCUT2D eigenvalue weighted by molar-refractivity contribution is -0.530. The summed E-state index contributed by atoms with van der Waals surface area (Å²) in [5.74, 6) is 0. The molecule has 1 heterocycles. The first-order valence-corrected chi connectivity index (χ1v) is 2.57. The van der Waals surface area contributed by atoms with Crippen LogP contribution in [0.15, 0.2) is 18.5 Å². The minimum absolute atomic E-state index is 0.457. The van der Waals surface area contributed by atoms with E-state index in [1.54, 1.807) is 12.3 Å². The van der Waals surface area contributed by atoms with Gasteiger partial charge in [-0.3, -0.25) is 0 Å². The van der Waals surface area contributed by atoms with Crippen LogP contribution in [-0.2, 0) is 0 Å². The summed E-state index contributed by atoms with van der Waals surface area (Å²) in [6, 6.07) is 1.60. The molecule has 0 aliphatic carbocycles. The van der Waals surface area contributed by atoms with Crippen molar-refractivity contribution in [3.05, 3.63) is 23.7 Å². The average Bonchev–Trinajstić information content (AvgIpc) is 1.69. The van der Waals surface area contributed by atoms with Crippen LogP contribution in [0, 0.1) is 5.21 Å². The van der Waals surface area contributed by atoms with Crippen molar-refractivity contribution >= 4 is 8.51 Å². The Morgan fingerprint density at radius 2 is 2.57 bits per heavy atom. The first-order valence-electron chi connectivity index (χ1n) is 1.77. The van der Waals surface area contributed by atoms with E-state index in [-0.39, 0.29) is 0 Å². The summed E-state index contributed by atoms with van der Waals surface area (Å²) in [5.41, 5.74) is 0. The SMILES string of the molecule is [O-][n+]1cccnp1. The van der Waals surface area contributed by atoms with Gasteiger partial charge in [-0.05, 0) is 4.75 Å². The highest BCUT2D eigenvalue weighted by Crippen LogP contribution is 1.80. The summed E-state index contributed by atoms with van der Waals surface area (Å²) in [5, 5.41) is 10.2. The van der Waals surface area contributed by atoms with Crippen LogP contribution in [0.1, 0.15) is 0 Å². The maximum atomic E-state index is 10.2. The molecule has 0 atom stereocenters. The Kier molecular flexibility index (Phi) is 1.18. The molecular formula is C3H3N2OP. The van der Waals surface area contributed by atoms with Gasteiger partial charge in [0.1, 0.15) is 6.20 Å². The standard InChI is InChI=1S/C3H3N2OP/c6-5-3-1-2-4-7-5/h1-3H. The Labute approximate surface area is 42.4 Å². The lowest BCUT2D eigenvalue weighted by atomic mass is 10.7. The molecule has 1 aromatic rings. The molecule has 4 heteroatoms. The number of hydrogen-bond acceptors (Lipinski definition) is 2. The molecule has 0 fully saturated rings. The van der Waals surface area contributed by atoms with E-state index < -0.39 is 0 Å². The molecule has 0 N–H and O–H groups in total. The highest BCUT2D eigenvalue weighted by atomic mass is 31.1. The Hall–Kier alpha value is -0.690. The van der Waals surface area contributed by atoms with Gasteiger partial charge in [0.2, 0.25) is 0 Å². The quantitative estimate of drug-likeness (QED) is 0.455. The van der Waals surface area contributed by atoms with Gasteiger partial charge in [0.15, 0.2) is 0 Å². The Bertz CT molecular complexity index is 143. The topological polar surface area (TPSA) is 39.8 Å². The molecule has 36 valence electrons. The van der Waals surface area contributed by atoms with E-state index in [9.17, 15) is 5.21 Å². The third-order valence-corrected chi connectivity index (χ3v) is 1.05. The van der Waals surface area contributed by atoms with Crippen LogP contribution in [-0.4, -0.2) is 4.75 Å². The molecule has 0 spiro atoms. The maximum absolute atomic E-state index is 10.2. The van der Waals surface area contributed by atoms with Gasteiger partial charge < -0.3 is 5.21 Å². The highest BCUT2D eigenvalue weighted by Gasteiger charge is 1.79. The van der Waals surface area contributed by atoms with Gasteiger partial charge >= 0.3 is 8.51 Å². The van der Waals surface area contributed by atoms with Gasteiger partial charge in [-0.25, -0.2) is 4.49 Å². The molecule has 1 rings (SSSR count). The Balaban J connectivity index is 3.02. The number of nitrogens with zero attached hydrogens (tertiary/aromatic N) is 2. The molecule has 0 unspecified atom stereocenters. The van der Waals surface area contributed by atoms with Crippen molar-refractivity contribution in [1.29, 1.82) is 0 Å². The molecular weight excluding hydrogens is 111 g/mol. The second kappa shape index (κ2) is 1.85. The predicted molar refractivity (Wildman–Crippen MR) is 25.7 cm³/mol. The van der Waals surface area contributed by atoms with E-state index in [1.165, 1.54) is 6.20 Å². The average molecular weight is 114 g/mol. The summed E-state index contributed by atoms with van der Waals surface area (Å²) >= 11 is 0. The van der Waals surface area contributed by atoms with Crippen LogP contribution in [0.25, 0.3) is 0 Å². The van der Waals surface area contributed by atoms with Crippen LogP contribution in [0.4, 0.5) is 0 Å². The summed E-state index contributed by atoms with van der Waals surface area (Å²) in [4.78, 5) is 0. The minimum atomic E-state index is 0.457. The van der Waals surface area contributed by atoms with Crippen molar-refractivity contribution in [2.24, 2.45) is 0 Å². The molecule has 0 aliphatic rings. The first-order chi connectivity index (χ1) is 3.39. The number of rotatable bonds is 0. The van der Waals surface area contributed by atoms with Gasteiger partial charge in [-0.2, -0.15) is 0 Å². The Morgan fingerprint density at radius 3 is 2.86 bits per heavy atom. The van der Waals surface area contributed by atoms with Crippen LogP contribution in [0.3, 0.4) is 0 Å². The zero-order valence-electron chi connectivity index (χ0n) is 3.48. The second-order valence-corrected chi connectivity index (χ2v) is 1.80. The number of aromatic nitrogens is 2. The summed E-state index contributed by atoms with van der Waals surface area (Å²) in [6.07, 6.45) is 3.02. The van der Waals surface area contributed by atoms with Crippen molar-refractivity contribution in [2.45, 2.75) is 0 Å². The molecule has 0 aliphatic heterocycles. The summed E-state index contributed by atoms with van der Waals surface area (Å²) in [7, 11) is 0.457. The monoisotopic (exact) mass is 114 g/mol. The molecule has 0 aromatic carbocycles. The van der Waals surface area contributed by atoms with Crippen LogP contribution in [0.2, 0.25) is 0 Å². The van der Waals surface area contributed by atoms with Crippen LogP contribution >= 0.6 is 8.51 Å². The molecule has 0 saturated heterocycles. The van der Waals surface area contributed by atoms with Crippen molar-refractivity contribution < 1.29 is 4.49 Å². The van der Waals surface area contributed by atoms with Crippen LogP contribution in [0.5, 0.6) is 0 Å². The summed E-state index contributed by atoms with van der Waals surface area (Å²) in [6.45, 7) is 0. The van der Waals surface area contributed by atoms with E-state index >= 15 is 0 Å². The smallest absolute Gasteiger partial charge is 0.395 e. The fraction of sp³-hybridized carbons (Fsp3) is 0. The van der Waals surface area contributed by atoms with Gasteiger partial charge in [-0.15, -0.1) is 0 Å². The third-order valence-electron chi connectivity index (χ3n) is 0.506. The van der Waals surface area contributed by atoms with Gasteiger partial charge in [0.05, 0.1) is 6.20 Å². The van der Waals surface area contributed by atoms with E-state index in [0.29, 0.717) is 8.51 Å². The molecule has 1 aromatic heterocycles. The van der Waals surface area contributed by atoms with E-state index in [2.05, 4.69) is 4.75 Å². The molecule has 7 heavy (non-hydrogen) atoms. The van der Waals surface area contributed by atoms with E-state index in [4.69, 9.17) is 0 Å². The highest BCUT2D eigenvalue weighted by molar-refractivity contribution is 7.16. The first kappa shape index (κ1) is 4.47. The van der Waals surface area contributed by atoms with E-state index in [0.717, 1.165) is 4.49 Å². The van der Waals surface area contributed by atoms with Crippen molar-refractivity contribution in [3.63, 3.8) is 0 Å². The normalized spacial score (nSPS) is 9.71. The van der Waals surface area contributed by atoms with E-state index in [1.807, 2.05) is 0 Å². The van der Waals surface area contributed by atoms with Crippen molar-refractivity contribution in [2.75, 3.05) is 0 Å². The molecule has 3 nitrogen and oxygen atoms in total. The lowest BCUT2D eigenvalue weighted by Crippen LogP contribution is -2.18. The fourth-order valence-corrected chi connectivity index (χ4v) is 0.636. The maximum Gasteiger partial charge on any atom is 0.395 e. The van der Waals surface area contributed by atoms with Crippen molar-refractivity contribution in [1.82, 2.24) is 4.75 Å². The summed E-state index contributed by atoms with van der Waals surface area (Å²) < 4.78 is 4.37. The Morgan fingerprint density at radius 1 is 1.71 bits per heavy atom. The zero-order chi connectivity index (χ0) is 5.11. The van der Waals surface area contributed by atoms with Crippen LogP contribution < -0.4 is 4.49 Å². The van der Waals surface area contributed by atoms with Gasteiger partial charge in [0, 0.05) is 6.07 Å². The van der Waals surface area contributed by atoms with Crippen molar-refractivity contribution in [3.8, 4) is 0 Å². The van der Waals surface area contributed by atoms with Gasteiger partial charge in [-0.1, -0.05) is 0 Å². The minimum Gasteiger partial charge on any atom is -0.708 e. The molecule has 0 radical (unpaired) electrons. The molecule has 0 saturated carbocycles. The largest absolute Gasteiger partial charge is 0.708 e. The molecule has 0 amide bonds. The lowest BCUT2D eigenvalue weighted by Gasteiger charge is -1.90. The zero-order valence-corrected chi connectivity index (χ0v) is 4.38. The predicted octanol–water partition coefficient (Wildman–Crippen LogP) is 0.295. The second-order valence-electron chi connectivity index (χ2n) is 0.998. The van der Waals surface area contributed by atoms with Gasteiger partial charge in [0.25, 0.3) is 0 Å². The molecule has 0 bridgehead atoms. The third kappa shape index (κ3) is 1.09. The fourth-order valence-electron chi connectivity index (χ4n) is 0.261. The number of hydrogen-bond donors (Lipinski definition) is 0.